The highest BCUT2D eigenvalue weighted by molar-refractivity contribution is 7.99. The van der Waals surface area contributed by atoms with E-state index < -0.39 is 11.2 Å². The fourth-order valence-electron chi connectivity index (χ4n) is 4.91. The molecule has 150 valence electrons. The van der Waals surface area contributed by atoms with Crippen LogP contribution in [0.5, 0.6) is 0 Å². The van der Waals surface area contributed by atoms with Crippen LogP contribution in [0.1, 0.15) is 37.8 Å². The third-order valence-electron chi connectivity index (χ3n) is 6.29. The summed E-state index contributed by atoms with van der Waals surface area (Å²) in [6, 6.07) is 18.6. The minimum absolute atomic E-state index is 0.525. The number of benzene rings is 2. The Kier molecular flexibility index (Phi) is 5.58. The third kappa shape index (κ3) is 4.62. The quantitative estimate of drug-likeness (QED) is 0.714. The van der Waals surface area contributed by atoms with E-state index in [0.717, 1.165) is 43.8 Å². The number of rotatable bonds is 6. The average molecular weight is 398 g/mol. The first-order valence-electron chi connectivity index (χ1n) is 10.3. The van der Waals surface area contributed by atoms with Crippen LogP contribution in [0.3, 0.4) is 0 Å². The number of likely N-dealkylation sites (tertiary alicyclic amines) is 1. The van der Waals surface area contributed by atoms with Crippen molar-refractivity contribution in [2.24, 2.45) is 11.8 Å². The number of nitrogens with zero attached hydrogens (tertiary/aromatic N) is 1. The topological polar surface area (TPSA) is 43.7 Å². The van der Waals surface area contributed by atoms with Crippen LogP contribution in [0.15, 0.2) is 59.5 Å². The van der Waals surface area contributed by atoms with Gasteiger partial charge in [-0.15, -0.1) is 11.8 Å². The molecule has 2 aliphatic rings. The van der Waals surface area contributed by atoms with E-state index in [9.17, 15) is 10.2 Å². The second-order valence-electron chi connectivity index (χ2n) is 9.21. The number of fused-ring (bicyclic) bond motifs is 1. The highest BCUT2D eigenvalue weighted by Gasteiger charge is 2.47. The predicted octanol–water partition coefficient (Wildman–Crippen LogP) is 4.28. The largest absolute Gasteiger partial charge is 0.390 e. The molecule has 3 atom stereocenters. The van der Waals surface area contributed by atoms with Gasteiger partial charge in [-0.25, -0.2) is 0 Å². The predicted molar refractivity (Wildman–Crippen MR) is 115 cm³/mol. The Morgan fingerprint density at radius 1 is 1.00 bits per heavy atom. The first kappa shape index (κ1) is 20.0. The summed E-state index contributed by atoms with van der Waals surface area (Å²) in [6.45, 7) is 5.82. The zero-order valence-corrected chi connectivity index (χ0v) is 17.7. The van der Waals surface area contributed by atoms with Crippen LogP contribution in [0.25, 0.3) is 0 Å². The van der Waals surface area contributed by atoms with Crippen molar-refractivity contribution in [3.63, 3.8) is 0 Å². The van der Waals surface area contributed by atoms with E-state index in [4.69, 9.17) is 0 Å². The fourth-order valence-corrected chi connectivity index (χ4v) is 5.78. The van der Waals surface area contributed by atoms with E-state index >= 15 is 0 Å². The first-order chi connectivity index (χ1) is 13.3. The molecule has 4 heteroatoms. The summed E-state index contributed by atoms with van der Waals surface area (Å²) >= 11 is 1.86. The van der Waals surface area contributed by atoms with E-state index in [0.29, 0.717) is 11.8 Å². The minimum Gasteiger partial charge on any atom is -0.390 e. The van der Waals surface area contributed by atoms with Crippen molar-refractivity contribution in [3.05, 3.63) is 65.7 Å². The van der Waals surface area contributed by atoms with Crippen LogP contribution in [0.2, 0.25) is 0 Å². The summed E-state index contributed by atoms with van der Waals surface area (Å²) in [7, 11) is 0. The van der Waals surface area contributed by atoms with Gasteiger partial charge in [-0.1, -0.05) is 42.5 Å². The third-order valence-corrected chi connectivity index (χ3v) is 7.39. The van der Waals surface area contributed by atoms with Crippen molar-refractivity contribution in [1.29, 1.82) is 0 Å². The monoisotopic (exact) mass is 397 g/mol. The molecular formula is C24H31NO2S. The van der Waals surface area contributed by atoms with E-state index in [1.165, 1.54) is 10.5 Å². The molecule has 1 saturated heterocycles. The second kappa shape index (κ2) is 7.83. The molecule has 0 unspecified atom stereocenters. The summed E-state index contributed by atoms with van der Waals surface area (Å²) in [5.74, 6) is 2.23. The van der Waals surface area contributed by atoms with Crippen LogP contribution < -0.4 is 0 Å². The van der Waals surface area contributed by atoms with Crippen molar-refractivity contribution < 1.29 is 10.2 Å². The lowest BCUT2D eigenvalue weighted by atomic mass is 9.91. The summed E-state index contributed by atoms with van der Waals surface area (Å²) in [5.41, 5.74) is 0.881. The van der Waals surface area contributed by atoms with Gasteiger partial charge in [0.1, 0.15) is 0 Å². The zero-order valence-electron chi connectivity index (χ0n) is 16.8. The molecule has 2 aromatic carbocycles. The van der Waals surface area contributed by atoms with Gasteiger partial charge in [0.15, 0.2) is 0 Å². The first-order valence-corrected chi connectivity index (χ1v) is 11.2. The van der Waals surface area contributed by atoms with Gasteiger partial charge >= 0.3 is 0 Å². The Balaban J connectivity index is 1.27. The maximum Gasteiger partial charge on any atom is 0.0840 e. The van der Waals surface area contributed by atoms with Crippen LogP contribution in [-0.2, 0) is 12.0 Å². The van der Waals surface area contributed by atoms with Crippen LogP contribution in [-0.4, -0.2) is 39.7 Å². The molecule has 28 heavy (non-hydrogen) atoms. The molecule has 0 spiro atoms. The van der Waals surface area contributed by atoms with Crippen LogP contribution in [0, 0.1) is 11.8 Å². The second-order valence-corrected chi connectivity index (χ2v) is 10.2. The Bertz CT molecular complexity index is 771. The molecule has 2 N–H and O–H groups in total. The molecule has 4 rings (SSSR count). The number of hydrogen-bond acceptors (Lipinski definition) is 4. The molecule has 1 aliphatic heterocycles. The van der Waals surface area contributed by atoms with Gasteiger partial charge in [0.2, 0.25) is 0 Å². The molecule has 1 saturated carbocycles. The van der Waals surface area contributed by atoms with Crippen molar-refractivity contribution in [2.75, 3.05) is 19.0 Å². The van der Waals surface area contributed by atoms with E-state index in [1.54, 1.807) is 0 Å². The highest BCUT2D eigenvalue weighted by atomic mass is 32.2. The van der Waals surface area contributed by atoms with Crippen molar-refractivity contribution in [2.45, 2.75) is 49.2 Å². The number of thioether (sulfide) groups is 1. The molecule has 0 amide bonds. The smallest absolute Gasteiger partial charge is 0.0840 e. The van der Waals surface area contributed by atoms with E-state index in [2.05, 4.69) is 41.3 Å². The van der Waals surface area contributed by atoms with Crippen LogP contribution >= 0.6 is 11.8 Å². The summed E-state index contributed by atoms with van der Waals surface area (Å²) < 4.78 is 0. The Morgan fingerprint density at radius 3 is 2.18 bits per heavy atom. The summed E-state index contributed by atoms with van der Waals surface area (Å²) in [5, 5.41) is 21.2. The lowest BCUT2D eigenvalue weighted by Crippen LogP contribution is -2.32. The molecule has 0 bridgehead atoms. The van der Waals surface area contributed by atoms with Gasteiger partial charge in [-0.3, -0.25) is 4.90 Å². The Morgan fingerprint density at radius 2 is 1.61 bits per heavy atom. The highest BCUT2D eigenvalue weighted by Crippen LogP contribution is 2.45. The van der Waals surface area contributed by atoms with E-state index in [-0.39, 0.29) is 0 Å². The van der Waals surface area contributed by atoms with Gasteiger partial charge in [0.05, 0.1) is 11.2 Å². The maximum atomic E-state index is 11.1. The molecule has 2 fully saturated rings. The fraction of sp³-hybridized carbons (Fsp3) is 0.500. The summed E-state index contributed by atoms with van der Waals surface area (Å²) in [6.07, 6.45) is 2.63. The molecule has 3 nitrogen and oxygen atoms in total. The molecule has 1 aliphatic carbocycles. The van der Waals surface area contributed by atoms with E-state index in [1.807, 2.05) is 43.8 Å². The van der Waals surface area contributed by atoms with Crippen molar-refractivity contribution in [1.82, 2.24) is 4.90 Å². The van der Waals surface area contributed by atoms with Crippen molar-refractivity contribution in [3.8, 4) is 0 Å². The Hall–Kier alpha value is -1.33. The zero-order chi connectivity index (χ0) is 19.8. The van der Waals surface area contributed by atoms with Gasteiger partial charge in [0, 0.05) is 30.3 Å². The summed E-state index contributed by atoms with van der Waals surface area (Å²) in [4.78, 5) is 3.78. The Labute approximate surface area is 172 Å². The van der Waals surface area contributed by atoms with Gasteiger partial charge in [-0.05, 0) is 61.8 Å². The lowest BCUT2D eigenvalue weighted by molar-refractivity contribution is 0.0362. The lowest BCUT2D eigenvalue weighted by Gasteiger charge is -2.26. The molecule has 2 aromatic rings. The van der Waals surface area contributed by atoms with Gasteiger partial charge < -0.3 is 10.2 Å². The van der Waals surface area contributed by atoms with Crippen molar-refractivity contribution >= 4 is 11.8 Å². The number of aliphatic hydroxyl groups is 2. The molecule has 1 heterocycles. The average Bonchev–Trinajstić information content (AvgIpc) is 3.14. The standard InChI is InChI=1S/C24H31NO2S/c1-23(2,26)21-8-10-22(11-9-21)28-17-25-15-19-13-24(27,14-20(19)16-25)12-18-6-4-3-5-7-18/h3-11,19-20,26-27H,12-17H2,1-2H3/t19-,20+,24-. The maximum absolute atomic E-state index is 11.1. The normalized spacial score (nSPS) is 27.9. The molecule has 0 radical (unpaired) electrons. The van der Waals surface area contributed by atoms with Gasteiger partial charge in [0.25, 0.3) is 0 Å². The molecular weight excluding hydrogens is 366 g/mol. The molecule has 0 aromatic heterocycles. The number of hydrogen-bond donors (Lipinski definition) is 2. The SMILES string of the molecule is CC(C)(O)c1ccc(SCN2C[C@@H]3C[C@@](O)(Cc4ccccc4)C[C@@H]3C2)cc1. The minimum atomic E-state index is -0.786. The van der Waals surface area contributed by atoms with Crippen LogP contribution in [0.4, 0.5) is 0 Å². The van der Waals surface area contributed by atoms with Gasteiger partial charge in [-0.2, -0.15) is 0 Å².